The van der Waals surface area contributed by atoms with Gasteiger partial charge in [-0.05, 0) is 68.7 Å². The van der Waals surface area contributed by atoms with Crippen molar-refractivity contribution in [3.05, 3.63) is 35.6 Å². The number of piperidine rings is 1. The van der Waals surface area contributed by atoms with Gasteiger partial charge >= 0.3 is 0 Å². The number of hydrogen-bond donors (Lipinski definition) is 1. The fourth-order valence-corrected chi connectivity index (χ4v) is 4.38. The summed E-state index contributed by atoms with van der Waals surface area (Å²) in [5, 5.41) is 2.92. The van der Waals surface area contributed by atoms with Crippen LogP contribution >= 0.6 is 0 Å². The van der Waals surface area contributed by atoms with Crippen molar-refractivity contribution in [3.63, 3.8) is 0 Å². The lowest BCUT2D eigenvalue weighted by molar-refractivity contribution is -0.136. The molecule has 1 saturated carbocycles. The van der Waals surface area contributed by atoms with Gasteiger partial charge in [0.1, 0.15) is 11.9 Å². The first-order valence-corrected chi connectivity index (χ1v) is 10.7. The predicted molar refractivity (Wildman–Crippen MR) is 105 cm³/mol. The van der Waals surface area contributed by atoms with Crippen molar-refractivity contribution < 1.29 is 18.8 Å². The first-order valence-electron chi connectivity index (χ1n) is 10.7. The molecule has 0 unspecified atom stereocenters. The Kier molecular flexibility index (Phi) is 5.83. The molecule has 3 amide bonds. The molecule has 1 aromatic carbocycles. The number of nitrogens with one attached hydrogen (secondary N) is 1. The molecule has 0 radical (unpaired) electrons. The molecule has 4 rings (SSSR count). The van der Waals surface area contributed by atoms with Crippen molar-refractivity contribution >= 4 is 17.7 Å². The van der Waals surface area contributed by atoms with Crippen molar-refractivity contribution in [1.82, 2.24) is 15.1 Å². The van der Waals surface area contributed by atoms with Crippen LogP contribution in [0.15, 0.2) is 24.3 Å². The SMILES string of the molecule is O=C(N[C@H](C(=O)N1CCCC1)C1CCN(C(=O)C2CC2)CC1)c1ccc(F)cc1. The monoisotopic (exact) mass is 401 g/mol. The van der Waals surface area contributed by atoms with Crippen LogP contribution in [0, 0.1) is 17.7 Å². The molecule has 6 nitrogen and oxygen atoms in total. The summed E-state index contributed by atoms with van der Waals surface area (Å²) in [6, 6.07) is 4.74. The fraction of sp³-hybridized carbons (Fsp3) is 0.591. The van der Waals surface area contributed by atoms with E-state index >= 15 is 0 Å². The summed E-state index contributed by atoms with van der Waals surface area (Å²) in [6.07, 6.45) is 5.35. The third-order valence-corrected chi connectivity index (χ3v) is 6.33. The minimum Gasteiger partial charge on any atom is -0.342 e. The second-order valence-corrected chi connectivity index (χ2v) is 8.43. The van der Waals surface area contributed by atoms with E-state index in [0.29, 0.717) is 31.5 Å². The maximum Gasteiger partial charge on any atom is 0.251 e. The Balaban J connectivity index is 1.44. The molecule has 3 fully saturated rings. The van der Waals surface area contributed by atoms with Crippen LogP contribution in [0.2, 0.25) is 0 Å². The first kappa shape index (κ1) is 19.9. The number of amides is 3. The molecule has 0 spiro atoms. The highest BCUT2D eigenvalue weighted by Crippen LogP contribution is 2.33. The molecule has 1 atom stereocenters. The third-order valence-electron chi connectivity index (χ3n) is 6.33. The minimum atomic E-state index is -0.608. The second kappa shape index (κ2) is 8.51. The van der Waals surface area contributed by atoms with Crippen molar-refractivity contribution in [2.45, 2.75) is 44.6 Å². The number of rotatable bonds is 5. The fourth-order valence-electron chi connectivity index (χ4n) is 4.38. The summed E-state index contributed by atoms with van der Waals surface area (Å²) < 4.78 is 13.2. The Morgan fingerprint density at radius 1 is 0.897 bits per heavy atom. The lowest BCUT2D eigenvalue weighted by Gasteiger charge is -2.37. The normalized spacial score (nSPS) is 21.1. The van der Waals surface area contributed by atoms with E-state index in [-0.39, 0.29) is 29.6 Å². The Hall–Kier alpha value is -2.44. The van der Waals surface area contributed by atoms with Gasteiger partial charge in [0.25, 0.3) is 5.91 Å². The molecule has 0 aromatic heterocycles. The maximum absolute atomic E-state index is 13.2. The standard InChI is InChI=1S/C22H28FN3O3/c23-18-7-5-16(6-8-18)20(27)24-19(22(29)25-11-1-2-12-25)15-9-13-26(14-10-15)21(28)17-3-4-17/h5-8,15,17,19H,1-4,9-14H2,(H,24,27)/t19-/m0/s1. The topological polar surface area (TPSA) is 69.7 Å². The number of halogens is 1. The van der Waals surface area contributed by atoms with Crippen molar-refractivity contribution in [2.24, 2.45) is 11.8 Å². The molecule has 7 heteroatoms. The zero-order valence-corrected chi connectivity index (χ0v) is 16.6. The Morgan fingerprint density at radius 2 is 1.52 bits per heavy atom. The van der Waals surface area contributed by atoms with Crippen molar-refractivity contribution in [2.75, 3.05) is 26.2 Å². The lowest BCUT2D eigenvalue weighted by atomic mass is 9.88. The lowest BCUT2D eigenvalue weighted by Crippen LogP contribution is -2.54. The predicted octanol–water partition coefficient (Wildman–Crippen LogP) is 2.20. The smallest absolute Gasteiger partial charge is 0.251 e. The quantitative estimate of drug-likeness (QED) is 0.822. The van der Waals surface area contributed by atoms with Gasteiger partial charge in [0.05, 0.1) is 0 Å². The van der Waals surface area contributed by atoms with E-state index in [1.165, 1.54) is 24.3 Å². The maximum atomic E-state index is 13.2. The number of carbonyl (C=O) groups excluding carboxylic acids is 3. The molecule has 2 saturated heterocycles. The number of nitrogens with zero attached hydrogens (tertiary/aromatic N) is 2. The highest BCUT2D eigenvalue weighted by Gasteiger charge is 2.39. The molecule has 2 aliphatic heterocycles. The average molecular weight is 401 g/mol. The third kappa shape index (κ3) is 4.60. The molecule has 0 bridgehead atoms. The van der Waals surface area contributed by atoms with E-state index in [0.717, 1.165) is 38.8 Å². The van der Waals surface area contributed by atoms with Crippen LogP contribution in [0.1, 0.15) is 48.9 Å². The summed E-state index contributed by atoms with van der Waals surface area (Å²) >= 11 is 0. The van der Waals surface area contributed by atoms with Gasteiger partial charge in [-0.1, -0.05) is 0 Å². The van der Waals surface area contributed by atoms with Gasteiger partial charge in [0, 0.05) is 37.7 Å². The summed E-state index contributed by atoms with van der Waals surface area (Å²) in [5.41, 5.74) is 0.340. The summed E-state index contributed by atoms with van der Waals surface area (Å²) in [7, 11) is 0. The zero-order chi connectivity index (χ0) is 20.4. The van der Waals surface area contributed by atoms with Crippen LogP contribution in [-0.2, 0) is 9.59 Å². The molecule has 3 aliphatic rings. The van der Waals surface area contributed by atoms with E-state index in [1.807, 2.05) is 9.80 Å². The molecule has 156 valence electrons. The van der Waals surface area contributed by atoms with Gasteiger partial charge in [0.2, 0.25) is 11.8 Å². The Morgan fingerprint density at radius 3 is 2.10 bits per heavy atom. The van der Waals surface area contributed by atoms with Crippen molar-refractivity contribution in [1.29, 1.82) is 0 Å². The van der Waals surface area contributed by atoms with Crippen LogP contribution in [0.4, 0.5) is 4.39 Å². The summed E-state index contributed by atoms with van der Waals surface area (Å²) in [5.74, 6) is -0.369. The molecule has 1 N–H and O–H groups in total. The average Bonchev–Trinajstić information content (AvgIpc) is 3.45. The number of benzene rings is 1. The van der Waals surface area contributed by atoms with E-state index in [1.54, 1.807) is 0 Å². The largest absolute Gasteiger partial charge is 0.342 e. The molecule has 29 heavy (non-hydrogen) atoms. The summed E-state index contributed by atoms with van der Waals surface area (Å²) in [6.45, 7) is 2.72. The van der Waals surface area contributed by atoms with Gasteiger partial charge in [-0.25, -0.2) is 4.39 Å². The molecular formula is C22H28FN3O3. The van der Waals surface area contributed by atoms with Gasteiger partial charge in [-0.15, -0.1) is 0 Å². The van der Waals surface area contributed by atoms with Crippen LogP contribution < -0.4 is 5.32 Å². The number of carbonyl (C=O) groups is 3. The summed E-state index contributed by atoms with van der Waals surface area (Å²) in [4.78, 5) is 42.0. The van der Waals surface area contributed by atoms with Gasteiger partial charge < -0.3 is 15.1 Å². The van der Waals surface area contributed by atoms with E-state index in [9.17, 15) is 18.8 Å². The Bertz CT molecular complexity index is 764. The molecule has 2 heterocycles. The minimum absolute atomic E-state index is 0.00393. The van der Waals surface area contributed by atoms with Crippen LogP contribution in [0.5, 0.6) is 0 Å². The highest BCUT2D eigenvalue weighted by molar-refractivity contribution is 5.97. The van der Waals surface area contributed by atoms with Crippen molar-refractivity contribution in [3.8, 4) is 0 Å². The Labute approximate surface area is 170 Å². The first-order chi connectivity index (χ1) is 14.0. The van der Waals surface area contributed by atoms with Gasteiger partial charge in [-0.3, -0.25) is 14.4 Å². The number of hydrogen-bond acceptors (Lipinski definition) is 3. The van der Waals surface area contributed by atoms with Gasteiger partial charge in [-0.2, -0.15) is 0 Å². The highest BCUT2D eigenvalue weighted by atomic mass is 19.1. The zero-order valence-electron chi connectivity index (χ0n) is 16.6. The molecule has 1 aliphatic carbocycles. The van der Waals surface area contributed by atoms with Crippen LogP contribution in [0.25, 0.3) is 0 Å². The van der Waals surface area contributed by atoms with E-state index < -0.39 is 11.9 Å². The van der Waals surface area contributed by atoms with Gasteiger partial charge in [0.15, 0.2) is 0 Å². The van der Waals surface area contributed by atoms with E-state index in [4.69, 9.17) is 0 Å². The second-order valence-electron chi connectivity index (χ2n) is 8.43. The molecular weight excluding hydrogens is 373 g/mol. The van der Waals surface area contributed by atoms with Crippen LogP contribution in [0.3, 0.4) is 0 Å². The van der Waals surface area contributed by atoms with Crippen LogP contribution in [-0.4, -0.2) is 59.7 Å². The molecule has 1 aromatic rings. The van der Waals surface area contributed by atoms with E-state index in [2.05, 4.69) is 5.32 Å². The number of likely N-dealkylation sites (tertiary alicyclic amines) is 2.